The van der Waals surface area contributed by atoms with Gasteiger partial charge in [-0.05, 0) is 318 Å². The van der Waals surface area contributed by atoms with Gasteiger partial charge in [0.2, 0.25) is 0 Å². The molecule has 9 aromatic carbocycles. The zero-order chi connectivity index (χ0) is 59.3. The average molecular weight is 1090 g/mol. The minimum absolute atomic E-state index is 0.471. The van der Waals surface area contributed by atoms with Crippen LogP contribution in [0.25, 0.3) is 66.8 Å². The first-order valence-corrected chi connectivity index (χ1v) is 32.0. The zero-order valence-corrected chi connectivity index (χ0v) is 54.7. The second kappa shape index (κ2) is 21.5. The minimum Gasteiger partial charge on any atom is -0.0730 e. The minimum atomic E-state index is -3.66. The van der Waals surface area contributed by atoms with Gasteiger partial charge in [-0.2, -0.15) is 0 Å². The summed E-state index contributed by atoms with van der Waals surface area (Å²) in [7, 11) is -3.66. The molecule has 82 heavy (non-hydrogen) atoms. The SMILES string of the molecule is CC1=CC(C)([Si](c2cc(-c3c(C)cc(C)cc3C)cc(-c3c(C)cc(C)cc3C)c2)(c2cc(-c3c(C)cc(C)cc3C)cc(-c3c(C)cc(C)cc3C)c2)c2cc(-c3c(C)cc(C)cc3C)cc(-c3c(C)cc(C)cc3C)c2)C(C)=C1C. The lowest BCUT2D eigenvalue weighted by molar-refractivity contribution is 0.870. The van der Waals surface area contributed by atoms with Gasteiger partial charge < -0.3 is 0 Å². The van der Waals surface area contributed by atoms with E-state index in [9.17, 15) is 0 Å². The Labute approximate surface area is 495 Å². The van der Waals surface area contributed by atoms with E-state index in [0.717, 1.165) is 0 Å². The highest BCUT2D eigenvalue weighted by Crippen LogP contribution is 2.54. The smallest absolute Gasteiger partial charge is 0.0730 e. The first-order valence-electron chi connectivity index (χ1n) is 30.0. The molecular weight excluding hydrogens is 1000 g/mol. The largest absolute Gasteiger partial charge is 0.161 e. The van der Waals surface area contributed by atoms with Crippen molar-refractivity contribution in [3.63, 3.8) is 0 Å². The summed E-state index contributed by atoms with van der Waals surface area (Å²) in [6.07, 6.45) is 2.73. The van der Waals surface area contributed by atoms with Crippen LogP contribution in [0, 0.1) is 125 Å². The molecule has 0 spiro atoms. The summed E-state index contributed by atoms with van der Waals surface area (Å²) < 4.78 is 0. The topological polar surface area (TPSA) is 0 Å². The summed E-state index contributed by atoms with van der Waals surface area (Å²) >= 11 is 0. The fourth-order valence-electron chi connectivity index (χ4n) is 16.3. The van der Waals surface area contributed by atoms with Crippen molar-refractivity contribution in [1.29, 1.82) is 0 Å². The average Bonchev–Trinajstić information content (AvgIpc) is 3.61. The molecule has 1 aliphatic rings. The lowest BCUT2D eigenvalue weighted by Gasteiger charge is -2.48. The molecule has 1 atom stereocenters. The van der Waals surface area contributed by atoms with Gasteiger partial charge in [-0.3, -0.25) is 0 Å². The predicted octanol–water partition coefficient (Wildman–Crippen LogP) is 20.8. The molecule has 0 aromatic heterocycles. The van der Waals surface area contributed by atoms with Gasteiger partial charge in [0.15, 0.2) is 8.07 Å². The highest BCUT2D eigenvalue weighted by Gasteiger charge is 2.57. The second-order valence-corrected chi connectivity index (χ2v) is 30.3. The standard InChI is InChI=1S/C81H88Si/c1-45-23-51(7)75(52(8)24-45)66-35-67(76-53(9)25-46(2)26-54(76)10)39-72(38-66)82(81(22)44-63(19)64(20)65(81)21,73-40-68(77-55(11)27-47(3)28-56(77)12)36-69(41-73)78-57(13)29-48(4)30-58(78)14)74-42-70(79-59(15)31-49(5)32-60(79)16)37-71(43-74)80-61(17)33-50(6)34-62(80)18/h23-44H,1-22H3. The molecule has 0 fully saturated rings. The van der Waals surface area contributed by atoms with Gasteiger partial charge in [0, 0.05) is 5.04 Å². The Balaban J connectivity index is 1.55. The van der Waals surface area contributed by atoms with E-state index in [4.69, 9.17) is 0 Å². The molecule has 10 rings (SSSR count). The molecule has 0 saturated heterocycles. The number of allylic oxidation sites excluding steroid dienone is 4. The van der Waals surface area contributed by atoms with Crippen LogP contribution in [-0.2, 0) is 0 Å². The quantitative estimate of drug-likeness (QED) is 0.0946. The van der Waals surface area contributed by atoms with E-state index >= 15 is 0 Å². The van der Waals surface area contributed by atoms with Gasteiger partial charge in [-0.25, -0.2) is 0 Å². The van der Waals surface area contributed by atoms with Crippen molar-refractivity contribution in [2.75, 3.05) is 0 Å². The van der Waals surface area contributed by atoms with Gasteiger partial charge in [-0.15, -0.1) is 0 Å². The Kier molecular flexibility index (Phi) is 15.1. The van der Waals surface area contributed by atoms with E-state index in [0.29, 0.717) is 0 Å². The third-order valence-corrected chi connectivity index (χ3v) is 24.7. The van der Waals surface area contributed by atoms with Crippen LogP contribution in [0.1, 0.15) is 128 Å². The number of rotatable bonds is 10. The molecule has 0 N–H and O–H groups in total. The lowest BCUT2D eigenvalue weighted by atomic mass is 9.89. The Hall–Kier alpha value is -7.32. The molecule has 0 nitrogen and oxygen atoms in total. The summed E-state index contributed by atoms with van der Waals surface area (Å²) in [4.78, 5) is 0. The van der Waals surface area contributed by atoms with Crippen LogP contribution in [0.3, 0.4) is 0 Å². The van der Waals surface area contributed by atoms with Crippen molar-refractivity contribution in [3.05, 3.63) is 250 Å². The fourth-order valence-corrected chi connectivity index (χ4v) is 22.5. The molecule has 1 unspecified atom stereocenters. The summed E-state index contributed by atoms with van der Waals surface area (Å²) in [5.74, 6) is 0. The van der Waals surface area contributed by atoms with Crippen LogP contribution in [0.5, 0.6) is 0 Å². The fraction of sp³-hybridized carbons (Fsp3) is 0.284. The lowest BCUT2D eigenvalue weighted by Crippen LogP contribution is -2.73. The Morgan fingerprint density at radius 3 is 0.549 bits per heavy atom. The Morgan fingerprint density at radius 1 is 0.232 bits per heavy atom. The van der Waals surface area contributed by atoms with Crippen LogP contribution >= 0.6 is 0 Å². The maximum absolute atomic E-state index is 3.66. The van der Waals surface area contributed by atoms with Crippen LogP contribution in [-0.4, -0.2) is 8.07 Å². The molecular formula is C81H88Si. The van der Waals surface area contributed by atoms with Gasteiger partial charge in [0.25, 0.3) is 0 Å². The number of aryl methyl sites for hydroxylation is 18. The van der Waals surface area contributed by atoms with Crippen molar-refractivity contribution in [2.24, 2.45) is 0 Å². The summed E-state index contributed by atoms with van der Waals surface area (Å²) in [6, 6.07) is 52.5. The van der Waals surface area contributed by atoms with Crippen LogP contribution < -0.4 is 15.6 Å². The zero-order valence-electron chi connectivity index (χ0n) is 53.7. The van der Waals surface area contributed by atoms with Gasteiger partial charge in [0.05, 0.1) is 0 Å². The van der Waals surface area contributed by atoms with Gasteiger partial charge in [0.1, 0.15) is 0 Å². The molecule has 416 valence electrons. The first kappa shape index (κ1) is 57.9. The second-order valence-electron chi connectivity index (χ2n) is 26.1. The molecule has 9 aromatic rings. The molecule has 0 aliphatic heterocycles. The molecule has 0 heterocycles. The summed E-state index contributed by atoms with van der Waals surface area (Å²) in [6.45, 7) is 51.4. The number of hydrogen-bond donors (Lipinski definition) is 0. The van der Waals surface area contributed by atoms with Crippen molar-refractivity contribution >= 4 is 23.6 Å². The van der Waals surface area contributed by atoms with Gasteiger partial charge >= 0.3 is 0 Å². The van der Waals surface area contributed by atoms with Crippen LogP contribution in [0.15, 0.2) is 150 Å². The summed E-state index contributed by atoms with van der Waals surface area (Å²) in [5, 5.41) is 3.76. The normalized spacial score (nSPS) is 14.5. The highest BCUT2D eigenvalue weighted by atomic mass is 28.3. The van der Waals surface area contributed by atoms with Crippen molar-refractivity contribution in [3.8, 4) is 66.8 Å². The Bertz CT molecular complexity index is 3460. The van der Waals surface area contributed by atoms with E-state index < -0.39 is 13.1 Å². The monoisotopic (exact) mass is 1090 g/mol. The molecule has 0 amide bonds. The predicted molar refractivity (Wildman–Crippen MR) is 362 cm³/mol. The third kappa shape index (κ3) is 9.85. The third-order valence-electron chi connectivity index (χ3n) is 19.1. The van der Waals surface area contributed by atoms with Crippen molar-refractivity contribution < 1.29 is 0 Å². The van der Waals surface area contributed by atoms with E-state index in [2.05, 4.69) is 286 Å². The Morgan fingerprint density at radius 2 is 0.402 bits per heavy atom. The van der Waals surface area contributed by atoms with Crippen LogP contribution in [0.2, 0.25) is 5.04 Å². The number of benzene rings is 9. The summed E-state index contributed by atoms with van der Waals surface area (Å²) in [5.41, 5.74) is 43.2. The van der Waals surface area contributed by atoms with E-state index in [1.165, 1.54) is 199 Å². The maximum atomic E-state index is 2.73. The van der Waals surface area contributed by atoms with Gasteiger partial charge in [-0.1, -0.05) is 167 Å². The molecule has 1 heteroatoms. The van der Waals surface area contributed by atoms with E-state index in [1.807, 2.05) is 0 Å². The first-order chi connectivity index (χ1) is 38.6. The highest BCUT2D eigenvalue weighted by molar-refractivity contribution is 7.14. The molecule has 0 bridgehead atoms. The molecule has 0 radical (unpaired) electrons. The van der Waals surface area contributed by atoms with E-state index in [1.54, 1.807) is 0 Å². The molecule has 1 aliphatic carbocycles. The van der Waals surface area contributed by atoms with E-state index in [-0.39, 0.29) is 0 Å². The van der Waals surface area contributed by atoms with Crippen LogP contribution in [0.4, 0.5) is 0 Å². The number of hydrogen-bond acceptors (Lipinski definition) is 0. The van der Waals surface area contributed by atoms with Crippen molar-refractivity contribution in [1.82, 2.24) is 0 Å². The molecule has 0 saturated carbocycles. The van der Waals surface area contributed by atoms with Crippen molar-refractivity contribution in [2.45, 2.75) is 157 Å². The maximum Gasteiger partial charge on any atom is 0.161 e.